The van der Waals surface area contributed by atoms with Crippen LogP contribution < -0.4 is 81.4 Å². The second-order valence-corrected chi connectivity index (χ2v) is 40.0. The van der Waals surface area contributed by atoms with Gasteiger partial charge in [0.25, 0.3) is 22.2 Å². The first kappa shape index (κ1) is 108. The molecule has 0 saturated carbocycles. The Bertz CT molecular complexity index is 6540. The molecular weight excluding hydrogens is 1870 g/mol. The maximum absolute atomic E-state index is 12.9. The van der Waals surface area contributed by atoms with Crippen LogP contribution in [0.5, 0.6) is 5.75 Å². The summed E-state index contributed by atoms with van der Waals surface area (Å²) in [4.78, 5) is 170. The number of piperazine rings is 4. The fourth-order valence-electron chi connectivity index (χ4n) is 15.2. The zero-order valence-electron chi connectivity index (χ0n) is 82.1. The number of nitrogens with one attached hydrogen (secondary N) is 1. The van der Waals surface area contributed by atoms with Crippen molar-refractivity contribution in [2.75, 3.05) is 131 Å². The van der Waals surface area contributed by atoms with Crippen molar-refractivity contribution in [2.45, 2.75) is 171 Å². The number of aliphatic hydroxyl groups excluding tert-OH is 2. The van der Waals surface area contributed by atoms with Crippen molar-refractivity contribution in [3.63, 3.8) is 0 Å². The van der Waals surface area contributed by atoms with E-state index in [9.17, 15) is 63.0 Å². The van der Waals surface area contributed by atoms with E-state index in [2.05, 4.69) is 52.1 Å². The van der Waals surface area contributed by atoms with Crippen molar-refractivity contribution in [1.82, 2.24) is 78.4 Å². The van der Waals surface area contributed by atoms with Crippen molar-refractivity contribution in [3.8, 4) is 48.0 Å². The molecule has 12 heterocycles. The fraction of sp³-hybridized carbons (Fsp3) is 0.448. The molecule has 0 aliphatic carbocycles. The molecule has 3 radical (unpaired) electrons. The SMILES string of the molecule is C=Cc1cc(CC(=O)CC)cc(-c2nn3c(=O)cc(N4CCN(C(=O)OC(C)(C)C)CC4)nc3s2)c1.CCC(=O)Cc1cc(CO)cc(-c2nn3c(=O)cc(N4CCN(C(=O)OC(C)(C)C)CC4)nc3s2)c1.CCC(=O)Cc1cc(CO)cc(-c2nn3c(=O)cc(N4CCNCC4)nc3s2)c1.CCC(=O)Cc1cc(OC)cc(-c2nn3c(=O)cc(N4CCN(C(=O)OC(C)(C)C)CC4)nc3s2)c1.[B].[H-].[Na+]. The van der Waals surface area contributed by atoms with Gasteiger partial charge in [0.1, 0.15) is 89.0 Å². The first-order chi connectivity index (χ1) is 65.2. The summed E-state index contributed by atoms with van der Waals surface area (Å²) in [6.07, 6.45) is 3.80. The Morgan fingerprint density at radius 2 is 0.640 bits per heavy atom. The van der Waals surface area contributed by atoms with E-state index in [0.29, 0.717) is 204 Å². The number of aromatic nitrogens is 12. The Balaban J connectivity index is 0.000000191. The number of hydrogen-bond acceptors (Lipinski definition) is 34. The number of fused-ring (bicyclic) bond motifs is 4. The number of carbonyl (C=O) groups excluding carboxylic acids is 7. The maximum atomic E-state index is 12.9. The van der Waals surface area contributed by atoms with Gasteiger partial charge in [-0.05, 0) is 156 Å². The van der Waals surface area contributed by atoms with E-state index in [0.717, 1.165) is 76.3 Å². The van der Waals surface area contributed by atoms with Gasteiger partial charge in [-0.25, -0.2) is 34.3 Å². The van der Waals surface area contributed by atoms with Crippen LogP contribution in [0.3, 0.4) is 0 Å². The quantitative estimate of drug-likeness (QED) is 0.0378. The van der Waals surface area contributed by atoms with E-state index in [1.165, 1.54) is 87.7 Å². The summed E-state index contributed by atoms with van der Waals surface area (Å²) >= 11 is 5.21. The van der Waals surface area contributed by atoms with Crippen LogP contribution in [0.1, 0.15) is 156 Å². The van der Waals surface area contributed by atoms with Gasteiger partial charge in [0, 0.05) is 211 Å². The number of methoxy groups -OCH3 is 1. The molecule has 0 unspecified atom stereocenters. The number of rotatable bonds is 24. The largest absolute Gasteiger partial charge is 1.00 e. The van der Waals surface area contributed by atoms with E-state index in [-0.39, 0.29) is 123 Å². The molecule has 4 aromatic carbocycles. The number of hydrogen-bond donors (Lipinski definition) is 3. The molecule has 731 valence electrons. The number of amides is 3. The fourth-order valence-corrected chi connectivity index (χ4v) is 18.7. The normalized spacial score (nSPS) is 14.1. The molecule has 0 bridgehead atoms. The third-order valence-electron chi connectivity index (χ3n) is 22.2. The van der Waals surface area contributed by atoms with E-state index in [4.69, 9.17) is 23.9 Å². The standard InChI is InChI=1S/C26H31N5O4S.2C25H31N5O5S.C20H23N5O3S.B.Na.H/c1-6-17-12-18(15-20(32)7-2)14-19(13-17)23-28-31-22(33)16-21(27-24(31)36-23)29-8-10-30(11-9-29)25(34)35-26(3,4)5;1-6-18(31)12-16-11-17(14-19(13-16)34-5)22-27-30-21(32)15-20(26-23(30)36-22)28-7-9-29(10-8-28)24(33)35-25(2,3)4;1-5-19(32)13-16-10-17(15-31)12-18(11-16)22-27-30-21(33)14-20(26-23(30)36-22)28-6-8-29(9-7-28)24(34)35-25(2,3)4;1-2-16(27)10-13-7-14(12-26)9-15(8-13)19-23-25-18(28)11-17(22-20(25)29-19)24-5-3-21-4-6-24;;;/h6,12-14,16H,1,7-11,15H2,2-5H3;11,13-15H,6-10,12H2,1-5H3;10-12,14,31H,5-9,13,15H2,1-4H3;7-9,11,21,26H,2-6,10,12H2,1H3;;;/q;;;;;+1;-1. The molecule has 4 saturated heterocycles. The predicted octanol–water partition coefficient (Wildman–Crippen LogP) is 8.31. The number of carbonyl (C=O) groups is 7. The minimum Gasteiger partial charge on any atom is -1.00 e. The minimum absolute atomic E-state index is 0. The van der Waals surface area contributed by atoms with Gasteiger partial charge in [0.2, 0.25) is 19.8 Å². The van der Waals surface area contributed by atoms with Crippen LogP contribution in [0.15, 0.2) is 123 Å². The molecule has 0 atom stereocenters. The molecule has 0 spiro atoms. The summed E-state index contributed by atoms with van der Waals surface area (Å²) in [6, 6.07) is 28.3. The molecule has 3 amide bonds. The average Bonchev–Trinajstić information content (AvgIpc) is 1.51. The van der Waals surface area contributed by atoms with Crippen LogP contribution in [0, 0.1) is 0 Å². The zero-order chi connectivity index (χ0) is 98.5. The van der Waals surface area contributed by atoms with Crippen molar-refractivity contribution < 1.29 is 93.7 Å². The second-order valence-electron chi connectivity index (χ2n) is 36.2. The van der Waals surface area contributed by atoms with Crippen molar-refractivity contribution in [1.29, 1.82) is 0 Å². The van der Waals surface area contributed by atoms with E-state index in [1.54, 1.807) is 34.0 Å². The molecule has 12 aromatic rings. The van der Waals surface area contributed by atoms with Crippen molar-refractivity contribution >= 4 is 144 Å². The third kappa shape index (κ3) is 28.5. The molecule has 4 fully saturated rings. The van der Waals surface area contributed by atoms with Gasteiger partial charge in [0.15, 0.2) is 0 Å². The molecule has 4 aliphatic heterocycles. The number of anilines is 4. The number of Topliss-reactive ketones (excluding diaryl/α,β-unsaturated/α-hetero) is 4. The van der Waals surface area contributed by atoms with Crippen molar-refractivity contribution in [2.24, 2.45) is 0 Å². The third-order valence-corrected chi connectivity index (χ3v) is 26.1. The van der Waals surface area contributed by atoms with Crippen LogP contribution in [-0.4, -0.2) is 262 Å². The van der Waals surface area contributed by atoms with Crippen LogP contribution in [0.4, 0.5) is 37.7 Å². The van der Waals surface area contributed by atoms with Crippen LogP contribution in [0.25, 0.3) is 68.2 Å². The van der Waals surface area contributed by atoms with E-state index in [1.807, 2.05) is 171 Å². The topological polar surface area (TPSA) is 421 Å². The zero-order valence-corrected chi connectivity index (χ0v) is 86.4. The summed E-state index contributed by atoms with van der Waals surface area (Å²) in [7, 11) is 1.57. The Hall–Kier alpha value is -11.9. The van der Waals surface area contributed by atoms with E-state index >= 15 is 0 Å². The van der Waals surface area contributed by atoms with Gasteiger partial charge < -0.3 is 70.2 Å². The van der Waals surface area contributed by atoms with Gasteiger partial charge in [-0.2, -0.15) is 38.5 Å². The first-order valence-corrected chi connectivity index (χ1v) is 48.8. The predicted molar refractivity (Wildman–Crippen MR) is 537 cm³/mol. The van der Waals surface area contributed by atoms with E-state index < -0.39 is 16.8 Å². The second kappa shape index (κ2) is 47.4. The van der Waals surface area contributed by atoms with Crippen LogP contribution >= 0.6 is 45.3 Å². The molecule has 139 heavy (non-hydrogen) atoms. The molecule has 43 heteroatoms. The Labute approximate surface area is 845 Å². The minimum atomic E-state index is -0.553. The molecule has 16 rings (SSSR count). The Morgan fingerprint density at radius 1 is 0.381 bits per heavy atom. The Kier molecular flexibility index (Phi) is 36.7. The number of ketones is 4. The summed E-state index contributed by atoms with van der Waals surface area (Å²) in [6.45, 7) is 36.9. The van der Waals surface area contributed by atoms with Crippen LogP contribution in [0.2, 0.25) is 0 Å². The number of ether oxygens (including phenoxy) is 4. The van der Waals surface area contributed by atoms with Gasteiger partial charge in [-0.1, -0.05) is 104 Å². The first-order valence-electron chi connectivity index (χ1n) is 45.5. The summed E-state index contributed by atoms with van der Waals surface area (Å²) < 4.78 is 27.0. The smallest absolute Gasteiger partial charge is 1.00 e. The van der Waals surface area contributed by atoms with Gasteiger partial charge in [-0.3, -0.25) is 38.4 Å². The monoisotopic (exact) mass is 1980 g/mol. The molecular formula is C96H117BN20NaO17S4. The Morgan fingerprint density at radius 3 is 0.906 bits per heavy atom. The number of nitrogens with zero attached hydrogens (tertiary/aromatic N) is 19. The summed E-state index contributed by atoms with van der Waals surface area (Å²) in [5, 5.41) is 42.9. The van der Waals surface area contributed by atoms with Crippen LogP contribution in [-0.2, 0) is 72.3 Å². The molecule has 37 nitrogen and oxygen atoms in total. The van der Waals surface area contributed by atoms with Crippen molar-refractivity contribution in [3.05, 3.63) is 184 Å². The number of aliphatic hydroxyl groups is 2. The number of benzene rings is 4. The summed E-state index contributed by atoms with van der Waals surface area (Å²) in [5.74, 6) is 3.47. The summed E-state index contributed by atoms with van der Waals surface area (Å²) in [5.41, 5.74) is 5.98. The molecule has 3 N–H and O–H groups in total. The average molecular weight is 1990 g/mol. The molecule has 8 aromatic heterocycles. The maximum Gasteiger partial charge on any atom is 1.00 e. The van der Waals surface area contributed by atoms with Gasteiger partial charge in [0.05, 0.1) is 20.3 Å². The molecule has 4 aliphatic rings. The van der Waals surface area contributed by atoms with Gasteiger partial charge >= 0.3 is 47.8 Å². The van der Waals surface area contributed by atoms with Gasteiger partial charge in [-0.15, -0.1) is 0 Å².